The minimum atomic E-state index is 0.700. The lowest BCUT2D eigenvalue weighted by Crippen LogP contribution is -2.02. The van der Waals surface area contributed by atoms with E-state index in [0.29, 0.717) is 12.1 Å². The molecule has 0 saturated carbocycles. The molecule has 0 bridgehead atoms. The van der Waals surface area contributed by atoms with E-state index in [1.54, 1.807) is 0 Å². The lowest BCUT2D eigenvalue weighted by atomic mass is 10.1. The van der Waals surface area contributed by atoms with Crippen LogP contribution in [0.1, 0.15) is 16.8 Å². The Morgan fingerprint density at radius 1 is 1.31 bits per heavy atom. The summed E-state index contributed by atoms with van der Waals surface area (Å²) in [7, 11) is 0. The zero-order valence-electron chi connectivity index (χ0n) is 9.12. The van der Waals surface area contributed by atoms with Gasteiger partial charge >= 0.3 is 0 Å². The minimum Gasteiger partial charge on any atom is -0.378 e. The Hall–Kier alpha value is -2.21. The number of rotatable bonds is 3. The molecule has 3 nitrogen and oxygen atoms in total. The molecule has 0 aliphatic carbocycles. The smallest absolute Gasteiger partial charge is 0.102 e. The normalized spacial score (nSPS) is 9.75. The standard InChI is InChI=1S/C13H13N3/c1-10-4-2-6-13(12(10)8-14)16-9-11-5-3-7-15-11/h2-7,15-16H,9H2,1H3. The van der Waals surface area contributed by atoms with Crippen molar-refractivity contribution in [1.82, 2.24) is 4.98 Å². The fourth-order valence-electron chi connectivity index (χ4n) is 1.63. The zero-order chi connectivity index (χ0) is 11.4. The van der Waals surface area contributed by atoms with Crippen molar-refractivity contribution in [3.8, 4) is 6.07 Å². The van der Waals surface area contributed by atoms with Gasteiger partial charge in [0.2, 0.25) is 0 Å². The Bertz CT molecular complexity index is 506. The van der Waals surface area contributed by atoms with Crippen LogP contribution < -0.4 is 5.32 Å². The number of aromatic nitrogens is 1. The first-order chi connectivity index (χ1) is 7.81. The summed E-state index contributed by atoms with van der Waals surface area (Å²) in [4.78, 5) is 3.11. The lowest BCUT2D eigenvalue weighted by molar-refractivity contribution is 1.07. The van der Waals surface area contributed by atoms with Gasteiger partial charge in [0.05, 0.1) is 17.8 Å². The number of hydrogen-bond acceptors (Lipinski definition) is 2. The van der Waals surface area contributed by atoms with Gasteiger partial charge in [0.15, 0.2) is 0 Å². The highest BCUT2D eigenvalue weighted by molar-refractivity contribution is 5.60. The summed E-state index contributed by atoms with van der Waals surface area (Å²) in [5, 5.41) is 12.3. The maximum atomic E-state index is 9.06. The number of H-pyrrole nitrogens is 1. The van der Waals surface area contributed by atoms with E-state index in [2.05, 4.69) is 16.4 Å². The van der Waals surface area contributed by atoms with Crippen molar-refractivity contribution in [1.29, 1.82) is 5.26 Å². The Morgan fingerprint density at radius 2 is 2.19 bits per heavy atom. The summed E-state index contributed by atoms with van der Waals surface area (Å²) in [5.74, 6) is 0. The van der Waals surface area contributed by atoms with E-state index >= 15 is 0 Å². The fraction of sp³-hybridized carbons (Fsp3) is 0.154. The summed E-state index contributed by atoms with van der Waals surface area (Å²) in [6, 6.07) is 12.0. The van der Waals surface area contributed by atoms with Crippen molar-refractivity contribution < 1.29 is 0 Å². The number of hydrogen-bond donors (Lipinski definition) is 2. The number of nitriles is 1. The van der Waals surface area contributed by atoms with Crippen molar-refractivity contribution in [3.63, 3.8) is 0 Å². The van der Waals surface area contributed by atoms with Crippen LogP contribution in [0.2, 0.25) is 0 Å². The van der Waals surface area contributed by atoms with Crippen LogP contribution in [-0.2, 0) is 6.54 Å². The molecule has 0 aliphatic heterocycles. The van der Waals surface area contributed by atoms with Gasteiger partial charge in [-0.1, -0.05) is 12.1 Å². The molecule has 1 aromatic carbocycles. The van der Waals surface area contributed by atoms with Crippen LogP contribution in [0.4, 0.5) is 5.69 Å². The molecule has 0 unspecified atom stereocenters. The number of nitrogens with one attached hydrogen (secondary N) is 2. The first-order valence-electron chi connectivity index (χ1n) is 5.17. The van der Waals surface area contributed by atoms with E-state index in [-0.39, 0.29) is 0 Å². The molecular formula is C13H13N3. The van der Waals surface area contributed by atoms with Gasteiger partial charge < -0.3 is 10.3 Å². The first-order valence-corrected chi connectivity index (χ1v) is 5.17. The first kappa shape index (κ1) is 10.3. The van der Waals surface area contributed by atoms with E-state index in [1.165, 1.54) is 0 Å². The third kappa shape index (κ3) is 2.06. The molecule has 80 valence electrons. The Balaban J connectivity index is 2.16. The summed E-state index contributed by atoms with van der Waals surface area (Å²) in [5.41, 5.74) is 3.70. The van der Waals surface area contributed by atoms with Gasteiger partial charge in [0.1, 0.15) is 6.07 Å². The minimum absolute atomic E-state index is 0.700. The topological polar surface area (TPSA) is 51.6 Å². The number of anilines is 1. The number of benzene rings is 1. The predicted octanol–water partition coefficient (Wildman–Crippen LogP) is 2.81. The molecule has 0 spiro atoms. The molecular weight excluding hydrogens is 198 g/mol. The zero-order valence-corrected chi connectivity index (χ0v) is 9.12. The van der Waals surface area contributed by atoms with Crippen LogP contribution in [0.15, 0.2) is 36.5 Å². The largest absolute Gasteiger partial charge is 0.378 e. The van der Waals surface area contributed by atoms with Crippen molar-refractivity contribution in [2.75, 3.05) is 5.32 Å². The van der Waals surface area contributed by atoms with Crippen LogP contribution >= 0.6 is 0 Å². The number of aryl methyl sites for hydroxylation is 1. The highest BCUT2D eigenvalue weighted by Crippen LogP contribution is 2.18. The van der Waals surface area contributed by atoms with E-state index < -0.39 is 0 Å². The summed E-state index contributed by atoms with van der Waals surface area (Å²) in [6.45, 7) is 2.64. The maximum absolute atomic E-state index is 9.06. The molecule has 2 N–H and O–H groups in total. The molecule has 1 aromatic heterocycles. The van der Waals surface area contributed by atoms with E-state index in [9.17, 15) is 0 Å². The second-order valence-corrected chi connectivity index (χ2v) is 3.66. The van der Waals surface area contributed by atoms with Crippen molar-refractivity contribution >= 4 is 5.69 Å². The summed E-state index contributed by atoms with van der Waals surface area (Å²) in [6.07, 6.45) is 1.89. The van der Waals surface area contributed by atoms with Crippen molar-refractivity contribution in [2.24, 2.45) is 0 Å². The predicted molar refractivity (Wildman–Crippen MR) is 64.0 cm³/mol. The monoisotopic (exact) mass is 211 g/mol. The highest BCUT2D eigenvalue weighted by atomic mass is 14.9. The fourth-order valence-corrected chi connectivity index (χ4v) is 1.63. The molecule has 2 aromatic rings. The average Bonchev–Trinajstić information content (AvgIpc) is 2.79. The molecule has 0 saturated heterocycles. The third-order valence-electron chi connectivity index (χ3n) is 2.52. The molecule has 16 heavy (non-hydrogen) atoms. The Kier molecular flexibility index (Phi) is 2.93. The van der Waals surface area contributed by atoms with Gasteiger partial charge in [-0.3, -0.25) is 0 Å². The second-order valence-electron chi connectivity index (χ2n) is 3.66. The van der Waals surface area contributed by atoms with E-state index in [1.807, 2.05) is 43.5 Å². The van der Waals surface area contributed by atoms with Crippen LogP contribution in [0.3, 0.4) is 0 Å². The molecule has 0 amide bonds. The molecule has 1 heterocycles. The Morgan fingerprint density at radius 3 is 2.88 bits per heavy atom. The van der Waals surface area contributed by atoms with E-state index in [4.69, 9.17) is 5.26 Å². The molecule has 2 rings (SSSR count). The quantitative estimate of drug-likeness (QED) is 0.820. The van der Waals surface area contributed by atoms with Crippen LogP contribution in [0.25, 0.3) is 0 Å². The molecule has 3 heteroatoms. The van der Waals surface area contributed by atoms with Gasteiger partial charge in [-0.25, -0.2) is 0 Å². The van der Waals surface area contributed by atoms with Gasteiger partial charge in [-0.05, 0) is 30.7 Å². The molecule has 0 atom stereocenters. The van der Waals surface area contributed by atoms with Crippen LogP contribution in [0, 0.1) is 18.3 Å². The number of aromatic amines is 1. The van der Waals surface area contributed by atoms with Crippen LogP contribution in [0.5, 0.6) is 0 Å². The molecule has 0 fully saturated rings. The van der Waals surface area contributed by atoms with Crippen molar-refractivity contribution in [2.45, 2.75) is 13.5 Å². The van der Waals surface area contributed by atoms with Gasteiger partial charge in [-0.2, -0.15) is 5.26 Å². The Labute approximate surface area is 94.7 Å². The van der Waals surface area contributed by atoms with Gasteiger partial charge in [0.25, 0.3) is 0 Å². The summed E-state index contributed by atoms with van der Waals surface area (Å²) >= 11 is 0. The van der Waals surface area contributed by atoms with Gasteiger partial charge in [0, 0.05) is 11.9 Å². The highest BCUT2D eigenvalue weighted by Gasteiger charge is 2.03. The van der Waals surface area contributed by atoms with E-state index in [0.717, 1.165) is 16.9 Å². The lowest BCUT2D eigenvalue weighted by Gasteiger charge is -2.08. The third-order valence-corrected chi connectivity index (χ3v) is 2.52. The molecule has 0 radical (unpaired) electrons. The number of nitrogens with zero attached hydrogens (tertiary/aromatic N) is 1. The summed E-state index contributed by atoms with van der Waals surface area (Å²) < 4.78 is 0. The second kappa shape index (κ2) is 4.54. The average molecular weight is 211 g/mol. The SMILES string of the molecule is Cc1cccc(NCc2ccc[nH]2)c1C#N. The molecule has 0 aliphatic rings. The van der Waals surface area contributed by atoms with Gasteiger partial charge in [-0.15, -0.1) is 0 Å². The van der Waals surface area contributed by atoms with Crippen LogP contribution in [-0.4, -0.2) is 4.98 Å². The van der Waals surface area contributed by atoms with Crippen molar-refractivity contribution in [3.05, 3.63) is 53.3 Å². The maximum Gasteiger partial charge on any atom is 0.102 e.